The third-order valence-corrected chi connectivity index (χ3v) is 3.84. The van der Waals surface area contributed by atoms with Crippen molar-refractivity contribution in [1.29, 1.82) is 0 Å². The summed E-state index contributed by atoms with van der Waals surface area (Å²) in [5.41, 5.74) is 8.30. The first-order valence-electron chi connectivity index (χ1n) is 6.66. The molecule has 0 saturated carbocycles. The van der Waals surface area contributed by atoms with Gasteiger partial charge in [-0.2, -0.15) is 0 Å². The van der Waals surface area contributed by atoms with Crippen molar-refractivity contribution in [2.75, 3.05) is 11.9 Å². The summed E-state index contributed by atoms with van der Waals surface area (Å²) in [5.74, 6) is -1.06. The number of amides is 1. The number of benzene rings is 2. The molecule has 0 bridgehead atoms. The van der Waals surface area contributed by atoms with E-state index in [1.54, 1.807) is 61.6 Å². The minimum Gasteiger partial charge on any atom is -0.313 e. The van der Waals surface area contributed by atoms with Crippen LogP contribution in [0.4, 0.5) is 5.69 Å². The van der Waals surface area contributed by atoms with E-state index in [1.807, 2.05) is 0 Å². The number of Topliss-reactive ketones (excluding diaryl/α,β-unsaturated/α-hetero) is 1. The second-order valence-electron chi connectivity index (χ2n) is 4.98. The number of hydrogen-bond acceptors (Lipinski definition) is 3. The van der Waals surface area contributed by atoms with Crippen LogP contribution in [0.3, 0.4) is 0 Å². The standard InChI is InChI=1S/C16H12N4O2/c1-20-13-10-6-5-9-12(13)14(21)16(15(20)22,18-19-17)11-7-3-2-4-8-11/h2-10H,1H3/t16-/m1/s1. The van der Waals surface area contributed by atoms with Gasteiger partial charge in [-0.15, -0.1) is 0 Å². The number of nitrogens with zero attached hydrogens (tertiary/aromatic N) is 4. The average molecular weight is 292 g/mol. The fraction of sp³-hybridized carbons (Fsp3) is 0.125. The monoisotopic (exact) mass is 292 g/mol. The molecular weight excluding hydrogens is 280 g/mol. The van der Waals surface area contributed by atoms with E-state index in [4.69, 9.17) is 5.53 Å². The van der Waals surface area contributed by atoms with Gasteiger partial charge in [0.15, 0.2) is 5.78 Å². The molecule has 0 fully saturated rings. The summed E-state index contributed by atoms with van der Waals surface area (Å²) in [6.07, 6.45) is 0. The Hall–Kier alpha value is -3.11. The number of ketones is 1. The Bertz CT molecular complexity index is 812. The Morgan fingerprint density at radius 1 is 1.05 bits per heavy atom. The predicted molar refractivity (Wildman–Crippen MR) is 81.4 cm³/mol. The van der Waals surface area contributed by atoms with E-state index in [9.17, 15) is 9.59 Å². The highest BCUT2D eigenvalue weighted by atomic mass is 16.2. The third-order valence-electron chi connectivity index (χ3n) is 3.84. The lowest BCUT2D eigenvalue weighted by Crippen LogP contribution is -2.53. The van der Waals surface area contributed by atoms with Crippen LogP contribution in [0.1, 0.15) is 15.9 Å². The van der Waals surface area contributed by atoms with Crippen LogP contribution in [0.25, 0.3) is 10.4 Å². The smallest absolute Gasteiger partial charge is 0.251 e. The number of hydrogen-bond donors (Lipinski definition) is 0. The summed E-state index contributed by atoms with van der Waals surface area (Å²) in [4.78, 5) is 30.0. The molecule has 0 saturated heterocycles. The number of carbonyl (C=O) groups is 2. The van der Waals surface area contributed by atoms with Gasteiger partial charge in [0.2, 0.25) is 5.54 Å². The van der Waals surface area contributed by atoms with Gasteiger partial charge in [0.05, 0.1) is 5.69 Å². The van der Waals surface area contributed by atoms with E-state index in [1.165, 1.54) is 4.90 Å². The number of para-hydroxylation sites is 1. The minimum absolute atomic E-state index is 0.362. The summed E-state index contributed by atoms with van der Waals surface area (Å²) < 4.78 is 0. The maximum atomic E-state index is 13.0. The number of likely N-dealkylation sites (N-methyl/N-ethyl adjacent to an activating group) is 1. The molecule has 0 aliphatic carbocycles. The first-order valence-corrected chi connectivity index (χ1v) is 6.66. The van der Waals surface area contributed by atoms with Crippen molar-refractivity contribution in [2.45, 2.75) is 5.54 Å². The second-order valence-corrected chi connectivity index (χ2v) is 4.98. The fourth-order valence-corrected chi connectivity index (χ4v) is 2.75. The third kappa shape index (κ3) is 1.71. The highest BCUT2D eigenvalue weighted by molar-refractivity contribution is 6.28. The normalized spacial score (nSPS) is 20.3. The molecule has 0 N–H and O–H groups in total. The number of azide groups is 1. The molecule has 2 aromatic carbocycles. The molecule has 2 aromatic rings. The van der Waals surface area contributed by atoms with Gasteiger partial charge in [0.25, 0.3) is 5.91 Å². The lowest BCUT2D eigenvalue weighted by Gasteiger charge is -2.37. The van der Waals surface area contributed by atoms with Crippen molar-refractivity contribution in [3.8, 4) is 0 Å². The van der Waals surface area contributed by atoms with Crippen LogP contribution in [0.2, 0.25) is 0 Å². The highest BCUT2D eigenvalue weighted by Gasteiger charge is 2.53. The highest BCUT2D eigenvalue weighted by Crippen LogP contribution is 2.40. The van der Waals surface area contributed by atoms with Crippen LogP contribution in [0.5, 0.6) is 0 Å². The zero-order chi connectivity index (χ0) is 15.7. The van der Waals surface area contributed by atoms with E-state index in [0.29, 0.717) is 16.8 Å². The summed E-state index contributed by atoms with van der Waals surface area (Å²) in [6, 6.07) is 15.2. The molecule has 6 nitrogen and oxygen atoms in total. The molecule has 6 heteroatoms. The Labute approximate surface area is 126 Å². The van der Waals surface area contributed by atoms with Crippen LogP contribution >= 0.6 is 0 Å². The van der Waals surface area contributed by atoms with Crippen molar-refractivity contribution in [3.63, 3.8) is 0 Å². The Morgan fingerprint density at radius 3 is 2.36 bits per heavy atom. The van der Waals surface area contributed by atoms with Crippen molar-refractivity contribution in [3.05, 3.63) is 76.2 Å². The van der Waals surface area contributed by atoms with Crippen LogP contribution in [-0.4, -0.2) is 18.7 Å². The van der Waals surface area contributed by atoms with Gasteiger partial charge in [-0.3, -0.25) is 9.59 Å². The second kappa shape index (κ2) is 5.02. The zero-order valence-electron chi connectivity index (χ0n) is 11.8. The number of anilines is 1. The van der Waals surface area contributed by atoms with Gasteiger partial charge < -0.3 is 4.90 Å². The van der Waals surface area contributed by atoms with E-state index < -0.39 is 17.2 Å². The molecule has 108 valence electrons. The first kappa shape index (κ1) is 13.9. The molecule has 1 aliphatic heterocycles. The van der Waals surface area contributed by atoms with Crippen molar-refractivity contribution >= 4 is 17.4 Å². The molecule has 0 unspecified atom stereocenters. The zero-order valence-corrected chi connectivity index (χ0v) is 11.8. The molecule has 1 heterocycles. The Kier molecular flexibility index (Phi) is 3.16. The van der Waals surface area contributed by atoms with Crippen LogP contribution < -0.4 is 4.90 Å². The number of rotatable bonds is 2. The average Bonchev–Trinajstić information content (AvgIpc) is 2.57. The van der Waals surface area contributed by atoms with Gasteiger partial charge in [0, 0.05) is 17.5 Å². The Morgan fingerprint density at radius 2 is 1.68 bits per heavy atom. The maximum absolute atomic E-state index is 13.0. The summed E-state index contributed by atoms with van der Waals surface area (Å²) in [6.45, 7) is 0. The lowest BCUT2D eigenvalue weighted by atomic mass is 9.78. The first-order chi connectivity index (χ1) is 10.6. The molecule has 22 heavy (non-hydrogen) atoms. The van der Waals surface area contributed by atoms with E-state index in [0.717, 1.165) is 0 Å². The molecule has 0 radical (unpaired) electrons. The Balaban J connectivity index is 2.35. The molecule has 0 aromatic heterocycles. The summed E-state index contributed by atoms with van der Waals surface area (Å²) in [7, 11) is 1.57. The van der Waals surface area contributed by atoms with E-state index in [2.05, 4.69) is 10.0 Å². The number of fused-ring (bicyclic) bond motifs is 1. The SMILES string of the molecule is CN1C(=O)[C@@](N=[N+]=[N-])(c2ccccc2)C(=O)c2ccccc21. The molecular formula is C16H12N4O2. The van der Waals surface area contributed by atoms with E-state index >= 15 is 0 Å². The van der Waals surface area contributed by atoms with Crippen LogP contribution in [-0.2, 0) is 10.3 Å². The van der Waals surface area contributed by atoms with Crippen molar-refractivity contribution in [1.82, 2.24) is 0 Å². The van der Waals surface area contributed by atoms with Gasteiger partial charge in [0.1, 0.15) is 0 Å². The van der Waals surface area contributed by atoms with E-state index in [-0.39, 0.29) is 0 Å². The van der Waals surface area contributed by atoms with Crippen LogP contribution in [0.15, 0.2) is 59.7 Å². The topological polar surface area (TPSA) is 86.1 Å². The molecule has 1 aliphatic rings. The summed E-state index contributed by atoms with van der Waals surface area (Å²) in [5, 5.41) is 3.64. The predicted octanol–water partition coefficient (Wildman–Crippen LogP) is 3.05. The molecule has 3 rings (SSSR count). The summed E-state index contributed by atoms with van der Waals surface area (Å²) >= 11 is 0. The maximum Gasteiger partial charge on any atom is 0.251 e. The largest absolute Gasteiger partial charge is 0.313 e. The molecule has 1 amide bonds. The van der Waals surface area contributed by atoms with Crippen LogP contribution in [0, 0.1) is 0 Å². The quantitative estimate of drug-likeness (QED) is 0.368. The molecule has 1 atom stereocenters. The van der Waals surface area contributed by atoms with Gasteiger partial charge in [-0.05, 0) is 23.2 Å². The van der Waals surface area contributed by atoms with Gasteiger partial charge in [-0.25, -0.2) is 0 Å². The number of carbonyl (C=O) groups excluding carboxylic acids is 2. The fourth-order valence-electron chi connectivity index (χ4n) is 2.75. The van der Waals surface area contributed by atoms with Gasteiger partial charge in [-0.1, -0.05) is 47.6 Å². The molecule has 0 spiro atoms. The van der Waals surface area contributed by atoms with Crippen molar-refractivity contribution < 1.29 is 9.59 Å². The lowest BCUT2D eigenvalue weighted by molar-refractivity contribution is -0.122. The minimum atomic E-state index is -1.89. The van der Waals surface area contributed by atoms with Gasteiger partial charge >= 0.3 is 0 Å². The van der Waals surface area contributed by atoms with Crippen molar-refractivity contribution in [2.24, 2.45) is 5.11 Å².